The number of aliphatic hydroxyl groups excluding tert-OH is 1. The fourth-order valence-corrected chi connectivity index (χ4v) is 11.1. The number of methoxy groups -OCH3 is 1. The van der Waals surface area contributed by atoms with Crippen LogP contribution in [0, 0.1) is 11.3 Å². The molecule has 0 aliphatic carbocycles. The molecule has 72 heavy (non-hydrogen) atoms. The van der Waals surface area contributed by atoms with Crippen LogP contribution >= 0.6 is 0 Å². The average molecular weight is 1020 g/mol. The Balaban J connectivity index is 1.29. The van der Waals surface area contributed by atoms with Crippen molar-refractivity contribution < 1.29 is 56.1 Å². The second-order valence-electron chi connectivity index (χ2n) is 20.4. The number of ether oxygens (including phenoxy) is 2. The monoisotopic (exact) mass is 1020 g/mol. The zero-order chi connectivity index (χ0) is 52.4. The summed E-state index contributed by atoms with van der Waals surface area (Å²) >= 11 is 0. The lowest BCUT2D eigenvalue weighted by Crippen LogP contribution is -2.68. The number of alkyl halides is 3. The van der Waals surface area contributed by atoms with Crippen molar-refractivity contribution in [2.45, 2.75) is 109 Å². The molecular formula is C50H66F3N9O9Si. The van der Waals surface area contributed by atoms with Gasteiger partial charge in [-0.05, 0) is 80.5 Å². The van der Waals surface area contributed by atoms with Crippen LogP contribution in [0.25, 0.3) is 33.5 Å². The van der Waals surface area contributed by atoms with E-state index in [-0.39, 0.29) is 86.1 Å². The molecule has 3 N–H and O–H groups in total. The predicted octanol–water partition coefficient (Wildman–Crippen LogP) is 4.13. The van der Waals surface area contributed by atoms with Crippen LogP contribution in [0.3, 0.4) is 0 Å². The molecule has 0 radical (unpaired) electrons. The van der Waals surface area contributed by atoms with Crippen molar-refractivity contribution in [3.8, 4) is 22.6 Å². The number of nitrogens with one attached hydrogen (secondary N) is 2. The van der Waals surface area contributed by atoms with Crippen molar-refractivity contribution >= 4 is 50.9 Å². The molecule has 1 aromatic carbocycles. The van der Waals surface area contributed by atoms with Crippen molar-refractivity contribution in [1.82, 2.24) is 45.0 Å². The first kappa shape index (κ1) is 53.7. The van der Waals surface area contributed by atoms with Gasteiger partial charge >= 0.3 is 18.2 Å². The van der Waals surface area contributed by atoms with E-state index in [0.717, 1.165) is 6.08 Å². The number of oxazole rings is 1. The number of hydrazine groups is 1. The summed E-state index contributed by atoms with van der Waals surface area (Å²) < 4.78 is 63.4. The third-order valence-electron chi connectivity index (χ3n) is 13.8. The van der Waals surface area contributed by atoms with Gasteiger partial charge in [0.25, 0.3) is 5.91 Å². The maximum absolute atomic E-state index is 15.0. The molecule has 22 heteroatoms. The van der Waals surface area contributed by atoms with Gasteiger partial charge in [0.05, 0.1) is 49.4 Å². The van der Waals surface area contributed by atoms with Crippen LogP contribution in [0.5, 0.6) is 0 Å². The molecule has 4 aromatic rings. The third kappa shape index (κ3) is 11.4. The fraction of sp³-hybridized carbons (Fsp3) is 0.540. The summed E-state index contributed by atoms with van der Waals surface area (Å²) in [5.41, 5.74) is 4.72. The fourth-order valence-electron chi connectivity index (χ4n) is 10.2. The molecule has 3 aromatic heterocycles. The molecule has 2 fully saturated rings. The van der Waals surface area contributed by atoms with Gasteiger partial charge in [-0.15, -0.1) is 0 Å². The van der Waals surface area contributed by atoms with Gasteiger partial charge < -0.3 is 43.6 Å². The SMILES string of the molecule is C=CC(=O)N(CCO)[C@H]1CCN(C(=O)N(C)[C@H](C(=O)N[C@@]2([SiH3])Cc3ncc(o3)-c3ccc4c(c3)c(c(-c3cccnc3[C@H](C)OC)n4CC(F)(F)F)CC(C)(C)COC(=O)[C@@H]3CCCN(N3)C2=O)C(C)C)C1. The van der Waals surface area contributed by atoms with E-state index in [4.69, 9.17) is 13.9 Å². The number of rotatable bonds is 12. The smallest absolute Gasteiger partial charge is 0.406 e. The molecule has 0 unspecified atom stereocenters. The molecule has 7 rings (SSSR count). The van der Waals surface area contributed by atoms with Crippen LogP contribution in [0.4, 0.5) is 18.0 Å². The number of benzene rings is 1. The lowest BCUT2D eigenvalue weighted by molar-refractivity contribution is -0.156. The largest absolute Gasteiger partial charge is 0.464 e. The first-order valence-corrected chi connectivity index (χ1v) is 25.3. The molecule has 6 bridgehead atoms. The number of nitrogens with zero attached hydrogens (tertiary/aromatic N) is 7. The van der Waals surface area contributed by atoms with Gasteiger partial charge in [0.2, 0.25) is 11.8 Å². The van der Waals surface area contributed by atoms with Crippen LogP contribution in [-0.4, -0.2) is 162 Å². The minimum Gasteiger partial charge on any atom is -0.464 e. The number of amides is 5. The predicted molar refractivity (Wildman–Crippen MR) is 264 cm³/mol. The molecule has 390 valence electrons. The highest BCUT2D eigenvalue weighted by Crippen LogP contribution is 2.43. The van der Waals surface area contributed by atoms with Crippen molar-refractivity contribution in [3.05, 3.63) is 72.5 Å². The molecule has 5 atom stereocenters. The minimum atomic E-state index is -4.62. The normalized spacial score (nSPS) is 21.6. The van der Waals surface area contributed by atoms with E-state index < -0.39 is 71.2 Å². The van der Waals surface area contributed by atoms with Crippen molar-refractivity contribution in [1.29, 1.82) is 0 Å². The lowest BCUT2D eigenvalue weighted by Gasteiger charge is -2.41. The summed E-state index contributed by atoms with van der Waals surface area (Å²) in [5.74, 6) is -2.31. The van der Waals surface area contributed by atoms with Crippen LogP contribution in [0.2, 0.25) is 0 Å². The quantitative estimate of drug-likeness (QED) is 0.104. The van der Waals surface area contributed by atoms with E-state index in [1.165, 1.54) is 39.7 Å². The summed E-state index contributed by atoms with van der Waals surface area (Å²) in [5, 5.41) is 12.8. The maximum Gasteiger partial charge on any atom is 0.406 e. The summed E-state index contributed by atoms with van der Waals surface area (Å²) in [6, 6.07) is 5.50. The van der Waals surface area contributed by atoms with Gasteiger partial charge in [-0.3, -0.25) is 29.2 Å². The Morgan fingerprint density at radius 3 is 2.56 bits per heavy atom. The molecule has 0 saturated carbocycles. The zero-order valence-electron chi connectivity index (χ0n) is 42.2. The van der Waals surface area contributed by atoms with Crippen molar-refractivity contribution in [2.75, 3.05) is 53.6 Å². The number of esters is 1. The van der Waals surface area contributed by atoms with Crippen molar-refractivity contribution in [2.24, 2.45) is 11.3 Å². The molecule has 3 aliphatic rings. The van der Waals surface area contributed by atoms with E-state index in [0.29, 0.717) is 58.2 Å². The van der Waals surface area contributed by atoms with E-state index >= 15 is 0 Å². The number of likely N-dealkylation sites (tertiary alicyclic amines) is 1. The number of cyclic esters (lactones) is 1. The van der Waals surface area contributed by atoms with Crippen LogP contribution < -0.4 is 10.7 Å². The highest BCUT2D eigenvalue weighted by atomic mass is 28.1. The number of likely N-dealkylation sites (N-methyl/N-ethyl adjacent to an activating group) is 1. The Morgan fingerprint density at radius 1 is 1.12 bits per heavy atom. The van der Waals surface area contributed by atoms with Crippen LogP contribution in [0.15, 0.2) is 59.8 Å². The van der Waals surface area contributed by atoms with Gasteiger partial charge in [0.15, 0.2) is 11.7 Å². The Bertz CT molecular complexity index is 2690. The standard InChI is InChI=1S/C50H66F3N9O9Si/c1-9-40(64)60(20-21-63)32-16-19-59(26-32)47(68)58(7)42(29(2)3)44(65)56-49(72)24-39-55-25-38(71-39)31-14-15-37-34(22-31)35(23-48(5,6)28-70-45(66)36-13-11-18-62(57-36)46(49)67)43(61(37)27-50(51,52)53)33-12-10-17-54-41(33)30(4)69-8/h9-10,12,14-15,17,22,25,29-30,32,36,42,57,63H,1,11,13,16,18-21,23-24,26-28H2,2-8,72H3,(H,56,65)/t30-,32-,36-,42-,49+/m0/s1. The van der Waals surface area contributed by atoms with Gasteiger partial charge in [-0.25, -0.2) is 15.2 Å². The van der Waals surface area contributed by atoms with Crippen LogP contribution in [-0.2, 0) is 48.0 Å². The number of halogens is 3. The Morgan fingerprint density at radius 2 is 1.88 bits per heavy atom. The highest BCUT2D eigenvalue weighted by Gasteiger charge is 2.46. The number of hydrogen-bond acceptors (Lipinski definition) is 12. The van der Waals surface area contributed by atoms with Gasteiger partial charge in [0, 0.05) is 84.2 Å². The number of urea groups is 1. The lowest BCUT2D eigenvalue weighted by atomic mass is 9.84. The molecule has 3 aliphatic heterocycles. The topological polar surface area (TPSA) is 205 Å². The molecule has 18 nitrogen and oxygen atoms in total. The summed E-state index contributed by atoms with van der Waals surface area (Å²) in [7, 11) is 2.99. The molecule has 2 saturated heterocycles. The Kier molecular flexibility index (Phi) is 16.1. The number of pyridine rings is 1. The van der Waals surface area contributed by atoms with Gasteiger partial charge in [0.1, 0.15) is 23.8 Å². The first-order chi connectivity index (χ1) is 34.0. The maximum atomic E-state index is 15.0. The number of fused-ring (bicyclic) bond motifs is 6. The van der Waals surface area contributed by atoms with E-state index in [1.54, 1.807) is 62.2 Å². The number of hydrogen-bond donors (Lipinski definition) is 3. The van der Waals surface area contributed by atoms with E-state index in [1.807, 2.05) is 13.8 Å². The Hall–Kier alpha value is -6.10. The first-order valence-electron chi connectivity index (χ1n) is 24.3. The number of aliphatic hydroxyl groups is 1. The minimum absolute atomic E-state index is 0.0204. The molecular weight excluding hydrogens is 956 g/mol. The number of carbonyl (C=O) groups is 5. The van der Waals surface area contributed by atoms with E-state index in [9.17, 15) is 42.3 Å². The highest BCUT2D eigenvalue weighted by molar-refractivity contribution is 6.29. The van der Waals surface area contributed by atoms with Gasteiger partial charge in [-0.1, -0.05) is 34.3 Å². The zero-order valence-corrected chi connectivity index (χ0v) is 44.2. The van der Waals surface area contributed by atoms with Crippen LogP contribution in [0.1, 0.15) is 77.1 Å². The summed E-state index contributed by atoms with van der Waals surface area (Å²) in [6.07, 6.45) is 0.0991. The number of carbonyl (C=O) groups excluding carboxylic acids is 5. The molecule has 6 heterocycles. The average Bonchev–Trinajstić information content (AvgIpc) is 4.09. The Labute approximate surface area is 419 Å². The van der Waals surface area contributed by atoms with Gasteiger partial charge in [-0.2, -0.15) is 13.2 Å². The van der Waals surface area contributed by atoms with E-state index in [2.05, 4.69) is 27.3 Å². The second kappa shape index (κ2) is 21.5. The third-order valence-corrected chi connectivity index (χ3v) is 14.9. The second-order valence-corrected chi connectivity index (χ2v) is 22.1. The summed E-state index contributed by atoms with van der Waals surface area (Å²) in [4.78, 5) is 83.9. The number of aromatic nitrogens is 3. The molecule has 0 spiro atoms. The van der Waals surface area contributed by atoms with Crippen molar-refractivity contribution in [3.63, 3.8) is 0 Å². The molecule has 5 amide bonds. The summed E-state index contributed by atoms with van der Waals surface area (Å²) in [6.45, 7) is 11.6.